The Hall–Kier alpha value is -2.55. The molecular formula is C14H15FN4O3S. The van der Waals surface area contributed by atoms with Crippen LogP contribution in [0, 0.1) is 12.7 Å². The molecule has 0 radical (unpaired) electrons. The van der Waals surface area contributed by atoms with Crippen molar-refractivity contribution in [3.63, 3.8) is 0 Å². The van der Waals surface area contributed by atoms with Crippen molar-refractivity contribution in [2.24, 2.45) is 0 Å². The Labute approximate surface area is 132 Å². The Bertz CT molecular complexity index is 845. The third-order valence-corrected chi connectivity index (χ3v) is 4.26. The summed E-state index contributed by atoms with van der Waals surface area (Å²) >= 11 is 0. The van der Waals surface area contributed by atoms with E-state index in [2.05, 4.69) is 22.0 Å². The van der Waals surface area contributed by atoms with E-state index in [4.69, 9.17) is 0 Å². The van der Waals surface area contributed by atoms with E-state index in [1.54, 1.807) is 6.92 Å². The van der Waals surface area contributed by atoms with Gasteiger partial charge in [-0.3, -0.25) is 4.79 Å². The lowest BCUT2D eigenvalue weighted by molar-refractivity contribution is -0.115. The highest BCUT2D eigenvalue weighted by Crippen LogP contribution is 2.16. The first-order valence-corrected chi connectivity index (χ1v) is 8.36. The van der Waals surface area contributed by atoms with E-state index in [0.717, 1.165) is 5.41 Å². The lowest BCUT2D eigenvalue weighted by Crippen LogP contribution is -2.17. The second-order valence-electron chi connectivity index (χ2n) is 4.75. The molecule has 0 bridgehead atoms. The number of hydrogen-bond acceptors (Lipinski definition) is 5. The number of aromatic nitrogens is 3. The van der Waals surface area contributed by atoms with Crippen molar-refractivity contribution in [1.82, 2.24) is 14.8 Å². The number of carbonyl (C=O) groups excluding carboxylic acids is 1. The van der Waals surface area contributed by atoms with Crippen molar-refractivity contribution in [3.8, 4) is 5.82 Å². The van der Waals surface area contributed by atoms with Gasteiger partial charge in [-0.1, -0.05) is 6.58 Å². The van der Waals surface area contributed by atoms with Crippen molar-refractivity contribution >= 4 is 21.6 Å². The Kier molecular flexibility index (Phi) is 4.89. The Morgan fingerprint density at radius 3 is 2.91 bits per heavy atom. The van der Waals surface area contributed by atoms with Gasteiger partial charge in [0, 0.05) is 29.8 Å². The zero-order valence-electron chi connectivity index (χ0n) is 12.4. The zero-order valence-corrected chi connectivity index (χ0v) is 13.2. The van der Waals surface area contributed by atoms with Gasteiger partial charge >= 0.3 is 0 Å². The Balaban J connectivity index is 2.12. The number of sulfone groups is 1. The topological polar surface area (TPSA) is 94.0 Å². The average Bonchev–Trinajstić information content (AvgIpc) is 2.86. The molecule has 1 N–H and O–H groups in total. The van der Waals surface area contributed by atoms with Gasteiger partial charge in [-0.05, 0) is 19.1 Å². The quantitative estimate of drug-likeness (QED) is 0.863. The smallest absolute Gasteiger partial charge is 0.226 e. The fourth-order valence-electron chi connectivity index (χ4n) is 1.75. The molecule has 122 valence electrons. The molecule has 2 aromatic rings. The molecule has 0 spiro atoms. The number of rotatable bonds is 6. The molecule has 2 aromatic heterocycles. The van der Waals surface area contributed by atoms with E-state index in [1.807, 2.05) is 0 Å². The summed E-state index contributed by atoms with van der Waals surface area (Å²) in [5.74, 6) is -1.17. The van der Waals surface area contributed by atoms with Gasteiger partial charge in [-0.25, -0.2) is 22.5 Å². The predicted octanol–water partition coefficient (Wildman–Crippen LogP) is 1.60. The largest absolute Gasteiger partial charge is 0.309 e. The highest BCUT2D eigenvalue weighted by molar-refractivity contribution is 7.94. The van der Waals surface area contributed by atoms with Gasteiger partial charge in [0.2, 0.25) is 5.91 Å². The molecular weight excluding hydrogens is 323 g/mol. The van der Waals surface area contributed by atoms with Crippen LogP contribution in [0.3, 0.4) is 0 Å². The summed E-state index contributed by atoms with van der Waals surface area (Å²) in [5, 5.41) is 7.36. The maximum absolute atomic E-state index is 13.7. The van der Waals surface area contributed by atoms with Gasteiger partial charge in [0.25, 0.3) is 0 Å². The predicted molar refractivity (Wildman–Crippen MR) is 83.3 cm³/mol. The van der Waals surface area contributed by atoms with Crippen molar-refractivity contribution in [2.45, 2.75) is 13.3 Å². The molecule has 23 heavy (non-hydrogen) atoms. The van der Waals surface area contributed by atoms with Gasteiger partial charge in [-0.2, -0.15) is 0 Å². The maximum atomic E-state index is 13.7. The van der Waals surface area contributed by atoms with Gasteiger partial charge in [-0.15, -0.1) is 5.10 Å². The number of amides is 1. The van der Waals surface area contributed by atoms with E-state index >= 15 is 0 Å². The van der Waals surface area contributed by atoms with Gasteiger partial charge in [0.1, 0.15) is 0 Å². The Morgan fingerprint density at radius 1 is 1.52 bits per heavy atom. The summed E-state index contributed by atoms with van der Waals surface area (Å²) in [6.07, 6.45) is 2.72. The molecule has 1 amide bonds. The standard InChI is InChI=1S/C14H15FN4O3S/c1-3-23(21,22)8-6-12(20)17-13-10(2)9-19(18-13)14-11(15)5-4-7-16-14/h3-5,7,9H,1,6,8H2,2H3,(H,17,18,20). The fraction of sp³-hybridized carbons (Fsp3) is 0.214. The maximum Gasteiger partial charge on any atom is 0.226 e. The minimum absolute atomic E-state index is 0.00494. The highest BCUT2D eigenvalue weighted by Gasteiger charge is 2.14. The van der Waals surface area contributed by atoms with Crippen LogP contribution in [0.15, 0.2) is 36.5 Å². The number of nitrogens with zero attached hydrogens (tertiary/aromatic N) is 3. The number of pyridine rings is 1. The third-order valence-electron chi connectivity index (χ3n) is 2.98. The van der Waals surface area contributed by atoms with Crippen LogP contribution in [-0.4, -0.2) is 34.8 Å². The van der Waals surface area contributed by atoms with E-state index < -0.39 is 21.6 Å². The first-order chi connectivity index (χ1) is 10.8. The molecule has 7 nitrogen and oxygen atoms in total. The molecule has 0 saturated heterocycles. The molecule has 0 fully saturated rings. The number of nitrogens with one attached hydrogen (secondary N) is 1. The van der Waals surface area contributed by atoms with Crippen molar-refractivity contribution in [2.75, 3.05) is 11.1 Å². The molecule has 0 aliphatic heterocycles. The lowest BCUT2D eigenvalue weighted by atomic mass is 10.3. The average molecular weight is 338 g/mol. The summed E-state index contributed by atoms with van der Waals surface area (Å²) in [7, 11) is -3.44. The summed E-state index contributed by atoms with van der Waals surface area (Å²) in [6.45, 7) is 4.86. The molecule has 9 heteroatoms. The molecule has 0 aliphatic rings. The molecule has 0 aliphatic carbocycles. The van der Waals surface area contributed by atoms with Gasteiger partial charge < -0.3 is 5.32 Å². The van der Waals surface area contributed by atoms with Crippen LogP contribution < -0.4 is 5.32 Å². The minimum atomic E-state index is -3.44. The first kappa shape index (κ1) is 16.8. The van der Waals surface area contributed by atoms with Crippen LogP contribution in [0.2, 0.25) is 0 Å². The van der Waals surface area contributed by atoms with Crippen molar-refractivity contribution in [3.05, 3.63) is 47.9 Å². The normalized spacial score (nSPS) is 11.2. The summed E-state index contributed by atoms with van der Waals surface area (Å²) in [5.41, 5.74) is 0.593. The van der Waals surface area contributed by atoms with Crippen LogP contribution >= 0.6 is 0 Å². The second-order valence-corrected chi connectivity index (χ2v) is 6.81. The molecule has 0 unspecified atom stereocenters. The zero-order chi connectivity index (χ0) is 17.0. The van der Waals surface area contributed by atoms with E-state index in [1.165, 1.54) is 29.2 Å². The SMILES string of the molecule is C=CS(=O)(=O)CCC(=O)Nc1nn(-c2ncccc2F)cc1C. The molecule has 0 atom stereocenters. The van der Waals surface area contributed by atoms with Crippen LogP contribution in [0.1, 0.15) is 12.0 Å². The van der Waals surface area contributed by atoms with Crippen LogP contribution in [0.5, 0.6) is 0 Å². The number of anilines is 1. The Morgan fingerprint density at radius 2 is 2.26 bits per heavy atom. The molecule has 0 aromatic carbocycles. The molecule has 0 saturated carbocycles. The van der Waals surface area contributed by atoms with Gasteiger partial charge in [0.15, 0.2) is 27.3 Å². The lowest BCUT2D eigenvalue weighted by Gasteiger charge is -2.03. The van der Waals surface area contributed by atoms with Crippen molar-refractivity contribution in [1.29, 1.82) is 0 Å². The van der Waals surface area contributed by atoms with E-state index in [-0.39, 0.29) is 23.8 Å². The number of halogens is 1. The fourth-order valence-corrected chi connectivity index (χ4v) is 2.39. The highest BCUT2D eigenvalue weighted by atomic mass is 32.2. The van der Waals surface area contributed by atoms with Crippen LogP contribution in [0.4, 0.5) is 10.2 Å². The number of carbonyl (C=O) groups is 1. The minimum Gasteiger partial charge on any atom is -0.309 e. The monoisotopic (exact) mass is 338 g/mol. The van der Waals surface area contributed by atoms with Crippen molar-refractivity contribution < 1.29 is 17.6 Å². The molecule has 2 rings (SSSR count). The van der Waals surface area contributed by atoms with Gasteiger partial charge in [0.05, 0.1) is 5.75 Å². The van der Waals surface area contributed by atoms with Crippen LogP contribution in [-0.2, 0) is 14.6 Å². The molecule has 2 heterocycles. The second kappa shape index (κ2) is 6.69. The van der Waals surface area contributed by atoms with E-state index in [0.29, 0.717) is 5.56 Å². The number of aryl methyl sites for hydroxylation is 1. The third kappa shape index (κ3) is 4.22. The van der Waals surface area contributed by atoms with E-state index in [9.17, 15) is 17.6 Å². The van der Waals surface area contributed by atoms with Crippen LogP contribution in [0.25, 0.3) is 5.82 Å². The summed E-state index contributed by atoms with van der Waals surface area (Å²) < 4.78 is 37.5. The first-order valence-electron chi connectivity index (χ1n) is 6.64. The number of hydrogen-bond donors (Lipinski definition) is 1. The summed E-state index contributed by atoms with van der Waals surface area (Å²) in [6, 6.07) is 2.70. The summed E-state index contributed by atoms with van der Waals surface area (Å²) in [4.78, 5) is 15.7.